The maximum Gasteiger partial charge on any atom is 0.129 e. The zero-order valence-electron chi connectivity index (χ0n) is 37.6. The smallest absolute Gasteiger partial charge is 0.127 e. The molecule has 56 heavy (non-hydrogen) atoms. The van der Waals surface area contributed by atoms with E-state index in [0.29, 0.717) is 0 Å². The van der Waals surface area contributed by atoms with Crippen molar-refractivity contribution in [3.63, 3.8) is 0 Å². The van der Waals surface area contributed by atoms with E-state index in [2.05, 4.69) is 223 Å². The molecule has 0 aromatic heterocycles. The van der Waals surface area contributed by atoms with Crippen molar-refractivity contribution in [2.24, 2.45) is 0 Å². The first-order valence-electron chi connectivity index (χ1n) is 20.2. The van der Waals surface area contributed by atoms with Gasteiger partial charge in [-0.3, -0.25) is 0 Å². The molecule has 0 nitrogen and oxygen atoms in total. The molecule has 0 radical (unpaired) electrons. The summed E-state index contributed by atoms with van der Waals surface area (Å²) in [6.07, 6.45) is 0. The fourth-order valence-corrected chi connectivity index (χ4v) is 9.61. The zero-order valence-corrected chi connectivity index (χ0v) is 43.6. The summed E-state index contributed by atoms with van der Waals surface area (Å²) in [5.41, 5.74) is 36.5. The van der Waals surface area contributed by atoms with Gasteiger partial charge in [-0.25, -0.2) is 0 Å². The van der Waals surface area contributed by atoms with Crippen LogP contribution in [0.1, 0.15) is 78.6 Å². The minimum absolute atomic E-state index is 0.0179. The lowest BCUT2D eigenvalue weighted by Crippen LogP contribution is -2.29. The first-order valence-corrected chi connectivity index (χ1v) is 41.2. The third-order valence-electron chi connectivity index (χ3n) is 8.97. The molecule has 6 rings (SSSR count). The standard InChI is InChI=1S/C50H62Si6/c1-51(2,3)25-19-37-31-43-44(32-38(37)20-26-52(4,5)6)50-47-35-41(23-29-55(13,14)15)39(21-27-53(7,8)9)33-45(47)49(43)46-34-40(22-28-54(10,11)12)42(36-48(46)50)24-30-56(16,17)18/h31-36,49-50H,1-18H3. The second-order valence-corrected chi connectivity index (χ2v) is 50.4. The van der Waals surface area contributed by atoms with Crippen molar-refractivity contribution < 1.29 is 0 Å². The van der Waals surface area contributed by atoms with Gasteiger partial charge < -0.3 is 0 Å². The van der Waals surface area contributed by atoms with Crippen LogP contribution in [0.15, 0.2) is 36.4 Å². The molecule has 0 unspecified atom stereocenters. The van der Waals surface area contributed by atoms with E-state index in [1.807, 2.05) is 0 Å². The first-order chi connectivity index (χ1) is 25.5. The van der Waals surface area contributed by atoms with Crippen LogP contribution in [0.25, 0.3) is 0 Å². The largest absolute Gasteiger partial charge is 0.129 e. The SMILES string of the molecule is C[Si](C)(C)C#Cc1cc2c(cc1C#C[Si](C)(C)C)C1c3cc(C#C[Si](C)(C)C)c(C#C[Si](C)(C)C)cc3C2c2cc(C#C[Si](C)(C)C)c(C#C[Si](C)(C)C)cc21. The predicted molar refractivity (Wildman–Crippen MR) is 263 cm³/mol. The summed E-state index contributed by atoms with van der Waals surface area (Å²) in [5.74, 6) is 22.1. The van der Waals surface area contributed by atoms with E-state index in [-0.39, 0.29) is 11.8 Å². The lowest BCUT2D eigenvalue weighted by atomic mass is 9.59. The molecule has 3 aromatic carbocycles. The Balaban J connectivity index is 1.95. The number of benzene rings is 3. The first kappa shape index (κ1) is 43.4. The molecule has 286 valence electrons. The van der Waals surface area contributed by atoms with Crippen LogP contribution in [-0.2, 0) is 0 Å². The second-order valence-electron chi connectivity index (χ2n) is 21.9. The Kier molecular flexibility index (Phi) is 11.8. The van der Waals surface area contributed by atoms with E-state index in [1.54, 1.807) is 0 Å². The molecule has 6 heteroatoms. The van der Waals surface area contributed by atoms with Crippen molar-refractivity contribution in [1.29, 1.82) is 0 Å². The third kappa shape index (κ3) is 11.2. The number of hydrogen-bond donors (Lipinski definition) is 0. The molecule has 0 saturated heterocycles. The fourth-order valence-electron chi connectivity index (χ4n) is 6.55. The normalized spacial score (nSPS) is 15.5. The molecule has 3 aliphatic carbocycles. The third-order valence-corrected chi connectivity index (χ3v) is 14.2. The maximum absolute atomic E-state index is 3.69. The summed E-state index contributed by atoms with van der Waals surface area (Å²) in [5, 5.41) is 0. The van der Waals surface area contributed by atoms with Gasteiger partial charge in [-0.05, 0) is 69.8 Å². The Bertz CT molecular complexity index is 2050. The van der Waals surface area contributed by atoms with Crippen LogP contribution >= 0.6 is 0 Å². The summed E-state index contributed by atoms with van der Waals surface area (Å²) in [7, 11) is -9.93. The Morgan fingerprint density at radius 2 is 0.375 bits per heavy atom. The highest BCUT2D eigenvalue weighted by Gasteiger charge is 2.43. The van der Waals surface area contributed by atoms with E-state index in [1.165, 1.54) is 33.4 Å². The van der Waals surface area contributed by atoms with Gasteiger partial charge in [0.05, 0.1) is 0 Å². The molecule has 0 saturated carbocycles. The van der Waals surface area contributed by atoms with Crippen LogP contribution in [0, 0.1) is 68.8 Å². The minimum Gasteiger partial charge on any atom is -0.127 e. The van der Waals surface area contributed by atoms with Gasteiger partial charge in [-0.15, -0.1) is 33.3 Å². The average molecular weight is 832 g/mol. The number of rotatable bonds is 0. The molecular weight excluding hydrogens is 769 g/mol. The fraction of sp³-hybridized carbons (Fsp3) is 0.400. The monoisotopic (exact) mass is 830 g/mol. The lowest BCUT2D eigenvalue weighted by Gasteiger charge is -2.43. The van der Waals surface area contributed by atoms with Gasteiger partial charge in [0.1, 0.15) is 48.4 Å². The molecule has 2 bridgehead atoms. The van der Waals surface area contributed by atoms with Gasteiger partial charge in [0.25, 0.3) is 0 Å². The summed E-state index contributed by atoms with van der Waals surface area (Å²) in [6, 6.07) is 14.4. The minimum atomic E-state index is -1.65. The van der Waals surface area contributed by atoms with Crippen molar-refractivity contribution in [1.82, 2.24) is 0 Å². The molecular formula is C50H62Si6. The highest BCUT2D eigenvalue weighted by molar-refractivity contribution is 6.85. The maximum atomic E-state index is 3.69. The van der Waals surface area contributed by atoms with Crippen molar-refractivity contribution in [2.75, 3.05) is 0 Å². The van der Waals surface area contributed by atoms with Crippen molar-refractivity contribution in [2.45, 2.75) is 130 Å². The summed E-state index contributed by atoms with van der Waals surface area (Å²) < 4.78 is 0. The van der Waals surface area contributed by atoms with E-state index < -0.39 is 48.4 Å². The molecule has 0 fully saturated rings. The molecule has 3 aliphatic rings. The van der Waals surface area contributed by atoms with Gasteiger partial charge in [0.15, 0.2) is 0 Å². The van der Waals surface area contributed by atoms with Gasteiger partial charge in [-0.2, -0.15) is 0 Å². The second kappa shape index (κ2) is 15.2. The zero-order chi connectivity index (χ0) is 41.8. The molecule has 0 aliphatic heterocycles. The predicted octanol–water partition coefficient (Wildman–Crippen LogP) is 12.0. The molecule has 0 atom stereocenters. The van der Waals surface area contributed by atoms with E-state index in [0.717, 1.165) is 33.4 Å². The van der Waals surface area contributed by atoms with Gasteiger partial charge in [0.2, 0.25) is 0 Å². The van der Waals surface area contributed by atoms with Crippen molar-refractivity contribution in [3.8, 4) is 68.8 Å². The highest BCUT2D eigenvalue weighted by Crippen LogP contribution is 2.57. The van der Waals surface area contributed by atoms with E-state index in [9.17, 15) is 0 Å². The topological polar surface area (TPSA) is 0 Å². The average Bonchev–Trinajstić information content (AvgIpc) is 3.03. The molecule has 3 aromatic rings. The molecule has 0 spiro atoms. The van der Waals surface area contributed by atoms with Crippen LogP contribution in [0.4, 0.5) is 0 Å². The molecule has 0 heterocycles. The van der Waals surface area contributed by atoms with Crippen LogP contribution in [0.3, 0.4) is 0 Å². The van der Waals surface area contributed by atoms with Crippen LogP contribution in [-0.4, -0.2) is 48.4 Å². The number of hydrogen-bond acceptors (Lipinski definition) is 0. The van der Waals surface area contributed by atoms with E-state index in [4.69, 9.17) is 0 Å². The van der Waals surface area contributed by atoms with Crippen LogP contribution < -0.4 is 0 Å². The summed E-state index contributed by atoms with van der Waals surface area (Å²) in [6.45, 7) is 41.7. The van der Waals surface area contributed by atoms with Gasteiger partial charge in [0, 0.05) is 45.2 Å². The summed E-state index contributed by atoms with van der Waals surface area (Å²) >= 11 is 0. The van der Waals surface area contributed by atoms with Crippen LogP contribution in [0.2, 0.25) is 118 Å². The van der Waals surface area contributed by atoms with Gasteiger partial charge >= 0.3 is 0 Å². The van der Waals surface area contributed by atoms with E-state index >= 15 is 0 Å². The lowest BCUT2D eigenvalue weighted by molar-refractivity contribution is 0.752. The van der Waals surface area contributed by atoms with Crippen molar-refractivity contribution in [3.05, 3.63) is 103 Å². The van der Waals surface area contributed by atoms with Crippen molar-refractivity contribution >= 4 is 48.4 Å². The molecule has 0 amide bonds. The Hall–Kier alpha value is -3.68. The Morgan fingerprint density at radius 1 is 0.250 bits per heavy atom. The summed E-state index contributed by atoms with van der Waals surface area (Å²) in [4.78, 5) is 0. The quantitative estimate of drug-likeness (QED) is 0.108. The molecule has 0 N–H and O–H groups in total. The van der Waals surface area contributed by atoms with Crippen LogP contribution in [0.5, 0.6) is 0 Å². The van der Waals surface area contributed by atoms with Gasteiger partial charge in [-0.1, -0.05) is 153 Å². The Labute approximate surface area is 347 Å². The Morgan fingerprint density at radius 3 is 0.482 bits per heavy atom. The highest BCUT2D eigenvalue weighted by atomic mass is 28.3.